The van der Waals surface area contributed by atoms with E-state index in [0.29, 0.717) is 5.75 Å². The number of methoxy groups -OCH3 is 2. The Morgan fingerprint density at radius 3 is 2.67 bits per heavy atom. The van der Waals surface area contributed by atoms with Crippen LogP contribution >= 0.6 is 0 Å². The molecule has 6 nitrogen and oxygen atoms in total. The molecule has 0 spiro atoms. The molecule has 2 N–H and O–H groups in total. The van der Waals surface area contributed by atoms with Crippen molar-refractivity contribution in [1.82, 2.24) is 10.2 Å². The first-order valence-corrected chi connectivity index (χ1v) is 6.56. The zero-order chi connectivity index (χ0) is 15.4. The molecule has 2 rings (SSSR count). The molecule has 0 bridgehead atoms. The number of aromatic nitrogens is 2. The lowest BCUT2D eigenvalue weighted by atomic mass is 10.0. The maximum Gasteiger partial charge on any atom is 0.333 e. The van der Waals surface area contributed by atoms with E-state index in [2.05, 4.69) is 15.5 Å². The first-order chi connectivity index (χ1) is 10.1. The van der Waals surface area contributed by atoms with Gasteiger partial charge in [0, 0.05) is 23.0 Å². The highest BCUT2D eigenvalue weighted by Crippen LogP contribution is 2.27. The number of rotatable bonds is 5. The summed E-state index contributed by atoms with van der Waals surface area (Å²) in [5.41, 5.74) is 3.16. The van der Waals surface area contributed by atoms with Crippen molar-refractivity contribution in [1.29, 1.82) is 0 Å². The average Bonchev–Trinajstić information content (AvgIpc) is 2.83. The van der Waals surface area contributed by atoms with Crippen molar-refractivity contribution in [2.24, 2.45) is 0 Å². The molecular weight excluding hydrogens is 270 g/mol. The predicted molar refractivity (Wildman–Crippen MR) is 79.4 cm³/mol. The molecule has 0 aliphatic carbocycles. The molecule has 1 aromatic heterocycles. The van der Waals surface area contributed by atoms with Gasteiger partial charge in [0.05, 0.1) is 19.9 Å². The highest BCUT2D eigenvalue weighted by atomic mass is 16.5. The van der Waals surface area contributed by atoms with Gasteiger partial charge in [0.25, 0.3) is 0 Å². The summed E-state index contributed by atoms with van der Waals surface area (Å²) >= 11 is 0. The van der Waals surface area contributed by atoms with Crippen LogP contribution in [0.15, 0.2) is 24.3 Å². The first-order valence-electron chi connectivity index (χ1n) is 6.56. The second-order valence-electron chi connectivity index (χ2n) is 4.68. The third-order valence-electron chi connectivity index (χ3n) is 3.29. The third-order valence-corrected chi connectivity index (χ3v) is 3.29. The second-order valence-corrected chi connectivity index (χ2v) is 4.68. The van der Waals surface area contributed by atoms with Crippen molar-refractivity contribution in [3.63, 3.8) is 0 Å². The molecular formula is C15H19N3O3. The van der Waals surface area contributed by atoms with Gasteiger partial charge in [0.1, 0.15) is 5.75 Å². The number of nitrogens with one attached hydrogen (secondary N) is 2. The van der Waals surface area contributed by atoms with Gasteiger partial charge < -0.3 is 14.8 Å². The van der Waals surface area contributed by atoms with Gasteiger partial charge in [-0.05, 0) is 26.0 Å². The number of hydrogen-bond donors (Lipinski definition) is 2. The number of H-pyrrole nitrogens is 1. The Labute approximate surface area is 123 Å². The lowest BCUT2D eigenvalue weighted by Crippen LogP contribution is -2.23. The topological polar surface area (TPSA) is 76.2 Å². The van der Waals surface area contributed by atoms with E-state index in [0.717, 1.165) is 22.6 Å². The van der Waals surface area contributed by atoms with Crippen molar-refractivity contribution in [2.45, 2.75) is 19.9 Å². The molecule has 0 aliphatic rings. The number of benzene rings is 1. The van der Waals surface area contributed by atoms with Crippen LogP contribution in [0.4, 0.5) is 5.69 Å². The maximum absolute atomic E-state index is 12.1. The monoisotopic (exact) mass is 289 g/mol. The summed E-state index contributed by atoms with van der Waals surface area (Å²) in [6.45, 7) is 3.72. The van der Waals surface area contributed by atoms with Gasteiger partial charge in [-0.2, -0.15) is 5.10 Å². The van der Waals surface area contributed by atoms with Crippen LogP contribution in [0.2, 0.25) is 0 Å². The quantitative estimate of drug-likeness (QED) is 0.826. The zero-order valence-electron chi connectivity index (χ0n) is 12.6. The van der Waals surface area contributed by atoms with Gasteiger partial charge >= 0.3 is 5.97 Å². The number of carbonyl (C=O) groups excluding carboxylic acids is 1. The highest BCUT2D eigenvalue weighted by Gasteiger charge is 2.26. The molecule has 1 aromatic carbocycles. The molecule has 1 unspecified atom stereocenters. The molecule has 0 aliphatic heterocycles. The standard InChI is InChI=1S/C15H19N3O3/c1-9-13(10(2)18-17-9)14(15(19)21-4)16-11-6-5-7-12(8-11)20-3/h5-8,14,16H,1-4H3,(H,17,18). The molecule has 2 aromatic rings. The number of aromatic amines is 1. The minimum Gasteiger partial charge on any atom is -0.497 e. The van der Waals surface area contributed by atoms with E-state index in [9.17, 15) is 4.79 Å². The number of ether oxygens (including phenoxy) is 2. The van der Waals surface area contributed by atoms with Crippen LogP contribution < -0.4 is 10.1 Å². The molecule has 0 fully saturated rings. The summed E-state index contributed by atoms with van der Waals surface area (Å²) < 4.78 is 10.1. The molecule has 112 valence electrons. The smallest absolute Gasteiger partial charge is 0.333 e. The zero-order valence-corrected chi connectivity index (χ0v) is 12.6. The van der Waals surface area contributed by atoms with Gasteiger partial charge in [-0.15, -0.1) is 0 Å². The number of esters is 1. The van der Waals surface area contributed by atoms with Crippen LogP contribution in [-0.2, 0) is 9.53 Å². The van der Waals surface area contributed by atoms with Crippen LogP contribution in [-0.4, -0.2) is 30.4 Å². The fourth-order valence-corrected chi connectivity index (χ4v) is 2.23. The Hall–Kier alpha value is -2.50. The van der Waals surface area contributed by atoms with E-state index >= 15 is 0 Å². The summed E-state index contributed by atoms with van der Waals surface area (Å²) in [5.74, 6) is 0.342. The summed E-state index contributed by atoms with van der Waals surface area (Å²) in [6.07, 6.45) is 0. The van der Waals surface area contributed by atoms with Crippen LogP contribution in [0.1, 0.15) is 23.0 Å². The summed E-state index contributed by atoms with van der Waals surface area (Å²) in [6, 6.07) is 6.75. The second kappa shape index (κ2) is 6.30. The van der Waals surface area contributed by atoms with E-state index in [1.54, 1.807) is 7.11 Å². The number of anilines is 1. The Morgan fingerprint density at radius 2 is 2.10 bits per heavy atom. The van der Waals surface area contributed by atoms with Crippen molar-refractivity contribution >= 4 is 11.7 Å². The minimum absolute atomic E-state index is 0.370. The van der Waals surface area contributed by atoms with E-state index in [1.807, 2.05) is 38.1 Å². The van der Waals surface area contributed by atoms with Crippen molar-refractivity contribution in [2.75, 3.05) is 19.5 Å². The lowest BCUT2D eigenvalue weighted by Gasteiger charge is -2.18. The minimum atomic E-state index is -0.624. The Morgan fingerprint density at radius 1 is 1.33 bits per heavy atom. The summed E-state index contributed by atoms with van der Waals surface area (Å²) in [4.78, 5) is 12.1. The normalized spacial score (nSPS) is 11.8. The predicted octanol–water partition coefficient (Wildman–Crippen LogP) is 2.36. The molecule has 1 atom stereocenters. The van der Waals surface area contributed by atoms with Crippen molar-refractivity contribution in [3.05, 3.63) is 41.2 Å². The van der Waals surface area contributed by atoms with Gasteiger partial charge in [-0.1, -0.05) is 6.07 Å². The van der Waals surface area contributed by atoms with Crippen molar-refractivity contribution < 1.29 is 14.3 Å². The van der Waals surface area contributed by atoms with Crippen molar-refractivity contribution in [3.8, 4) is 5.75 Å². The van der Waals surface area contributed by atoms with Gasteiger partial charge in [0.2, 0.25) is 0 Å². The molecule has 6 heteroatoms. The number of nitrogens with zero attached hydrogens (tertiary/aromatic N) is 1. The molecule has 0 radical (unpaired) electrons. The van der Waals surface area contributed by atoms with E-state index in [4.69, 9.17) is 9.47 Å². The molecule has 1 heterocycles. The van der Waals surface area contributed by atoms with Crippen LogP contribution in [0.25, 0.3) is 0 Å². The molecule has 0 saturated heterocycles. The van der Waals surface area contributed by atoms with E-state index in [1.165, 1.54) is 7.11 Å². The first kappa shape index (κ1) is 14.9. The fourth-order valence-electron chi connectivity index (χ4n) is 2.23. The third kappa shape index (κ3) is 3.16. The Balaban J connectivity index is 2.35. The summed E-state index contributed by atoms with van der Waals surface area (Å²) in [7, 11) is 2.97. The Bertz CT molecular complexity index is 617. The fraction of sp³-hybridized carbons (Fsp3) is 0.333. The van der Waals surface area contributed by atoms with Gasteiger partial charge in [-0.3, -0.25) is 5.10 Å². The Kier molecular flexibility index (Phi) is 4.47. The molecule has 0 amide bonds. The molecule has 0 saturated carbocycles. The number of aryl methyl sites for hydroxylation is 2. The van der Waals surface area contributed by atoms with E-state index in [-0.39, 0.29) is 5.97 Å². The largest absolute Gasteiger partial charge is 0.497 e. The van der Waals surface area contributed by atoms with Gasteiger partial charge in [0.15, 0.2) is 6.04 Å². The van der Waals surface area contributed by atoms with Gasteiger partial charge in [-0.25, -0.2) is 4.79 Å². The van der Waals surface area contributed by atoms with Crippen LogP contribution in [0, 0.1) is 13.8 Å². The lowest BCUT2D eigenvalue weighted by molar-refractivity contribution is -0.141. The number of hydrogen-bond acceptors (Lipinski definition) is 5. The number of carbonyl (C=O) groups is 1. The molecule has 21 heavy (non-hydrogen) atoms. The summed E-state index contributed by atoms with van der Waals surface area (Å²) in [5, 5.41) is 10.2. The SMILES string of the molecule is COC(=O)C(Nc1cccc(OC)c1)c1c(C)n[nH]c1C. The highest BCUT2D eigenvalue weighted by molar-refractivity contribution is 5.81. The van der Waals surface area contributed by atoms with Crippen LogP contribution in [0.3, 0.4) is 0 Å². The maximum atomic E-state index is 12.1. The van der Waals surface area contributed by atoms with Crippen LogP contribution in [0.5, 0.6) is 5.75 Å². The average molecular weight is 289 g/mol. The van der Waals surface area contributed by atoms with E-state index < -0.39 is 6.04 Å².